The molecular formula is C15H17ClN2O2. The normalized spacial score (nSPS) is 22.1. The van der Waals surface area contributed by atoms with Crippen molar-refractivity contribution in [3.63, 3.8) is 0 Å². The highest BCUT2D eigenvalue weighted by Crippen LogP contribution is 2.24. The second-order valence-electron chi connectivity index (χ2n) is 5.49. The van der Waals surface area contributed by atoms with E-state index in [0.717, 1.165) is 18.4 Å². The summed E-state index contributed by atoms with van der Waals surface area (Å²) in [5, 5.41) is 3.66. The number of nitrogens with one attached hydrogen (secondary N) is 1. The molecule has 2 amide bonds. The zero-order valence-electron chi connectivity index (χ0n) is 11.1. The predicted octanol–water partition coefficient (Wildman–Crippen LogP) is 2.11. The summed E-state index contributed by atoms with van der Waals surface area (Å²) in [5.74, 6) is 0.0446. The lowest BCUT2D eigenvalue weighted by atomic mass is 10.1. The van der Waals surface area contributed by atoms with E-state index in [2.05, 4.69) is 5.32 Å². The minimum absolute atomic E-state index is 0.00712. The molecule has 1 saturated carbocycles. The van der Waals surface area contributed by atoms with Crippen LogP contribution in [0.1, 0.15) is 31.2 Å². The van der Waals surface area contributed by atoms with E-state index in [1.165, 1.54) is 0 Å². The quantitative estimate of drug-likeness (QED) is 0.924. The van der Waals surface area contributed by atoms with Crippen LogP contribution in [0.5, 0.6) is 0 Å². The van der Waals surface area contributed by atoms with Crippen molar-refractivity contribution in [2.75, 3.05) is 0 Å². The van der Waals surface area contributed by atoms with Crippen molar-refractivity contribution in [1.82, 2.24) is 10.2 Å². The fraction of sp³-hybridized carbons (Fsp3) is 0.467. The van der Waals surface area contributed by atoms with Gasteiger partial charge in [0.2, 0.25) is 11.8 Å². The van der Waals surface area contributed by atoms with E-state index in [1.54, 1.807) is 17.0 Å². The molecule has 0 spiro atoms. The average Bonchev–Trinajstić information content (AvgIpc) is 3.16. The van der Waals surface area contributed by atoms with Gasteiger partial charge < -0.3 is 10.2 Å². The summed E-state index contributed by atoms with van der Waals surface area (Å²) in [7, 11) is 0. The molecule has 1 aromatic carbocycles. The Labute approximate surface area is 123 Å². The molecule has 1 heterocycles. The maximum absolute atomic E-state index is 12.2. The molecule has 1 aromatic rings. The second kappa shape index (κ2) is 5.44. The second-order valence-corrected chi connectivity index (χ2v) is 5.92. The van der Waals surface area contributed by atoms with Crippen molar-refractivity contribution in [2.24, 2.45) is 0 Å². The molecule has 0 aromatic heterocycles. The van der Waals surface area contributed by atoms with E-state index in [4.69, 9.17) is 11.6 Å². The van der Waals surface area contributed by atoms with Gasteiger partial charge in [0, 0.05) is 24.0 Å². The number of hydrogen-bond acceptors (Lipinski definition) is 2. The Morgan fingerprint density at radius 3 is 2.60 bits per heavy atom. The third-order valence-electron chi connectivity index (χ3n) is 3.82. The zero-order valence-corrected chi connectivity index (χ0v) is 11.9. The predicted molar refractivity (Wildman–Crippen MR) is 76.2 cm³/mol. The molecule has 5 heteroatoms. The molecule has 2 aliphatic rings. The van der Waals surface area contributed by atoms with E-state index >= 15 is 0 Å². The van der Waals surface area contributed by atoms with Crippen molar-refractivity contribution < 1.29 is 9.59 Å². The van der Waals surface area contributed by atoms with E-state index in [9.17, 15) is 9.59 Å². The van der Waals surface area contributed by atoms with Gasteiger partial charge in [-0.25, -0.2) is 0 Å². The summed E-state index contributed by atoms with van der Waals surface area (Å²) in [6.45, 7) is 0.471. The number of rotatable bonds is 4. The van der Waals surface area contributed by atoms with Crippen LogP contribution in [-0.4, -0.2) is 28.8 Å². The third-order valence-corrected chi connectivity index (χ3v) is 4.07. The van der Waals surface area contributed by atoms with Gasteiger partial charge in [-0.3, -0.25) is 9.59 Å². The summed E-state index contributed by atoms with van der Waals surface area (Å²) in [5.41, 5.74) is 0.994. The van der Waals surface area contributed by atoms with Gasteiger partial charge in [0.1, 0.15) is 6.04 Å². The molecule has 3 rings (SSSR count). The van der Waals surface area contributed by atoms with Crippen molar-refractivity contribution in [3.05, 3.63) is 34.9 Å². The first-order valence-electron chi connectivity index (χ1n) is 6.98. The first-order chi connectivity index (χ1) is 9.63. The summed E-state index contributed by atoms with van der Waals surface area (Å²) < 4.78 is 0. The first kappa shape index (κ1) is 13.4. The van der Waals surface area contributed by atoms with Gasteiger partial charge in [-0.05, 0) is 37.0 Å². The first-order valence-corrected chi connectivity index (χ1v) is 7.35. The van der Waals surface area contributed by atoms with E-state index < -0.39 is 0 Å². The Morgan fingerprint density at radius 2 is 1.95 bits per heavy atom. The number of amides is 2. The van der Waals surface area contributed by atoms with Gasteiger partial charge in [-0.15, -0.1) is 0 Å². The van der Waals surface area contributed by atoms with Crippen LogP contribution in [0.3, 0.4) is 0 Å². The highest BCUT2D eigenvalue weighted by atomic mass is 35.5. The molecule has 1 N–H and O–H groups in total. The lowest BCUT2D eigenvalue weighted by Gasteiger charge is -2.24. The topological polar surface area (TPSA) is 49.4 Å². The van der Waals surface area contributed by atoms with Crippen LogP contribution in [0.15, 0.2) is 24.3 Å². The van der Waals surface area contributed by atoms with Crippen molar-refractivity contribution >= 4 is 23.4 Å². The number of benzene rings is 1. The molecule has 1 atom stereocenters. The van der Waals surface area contributed by atoms with Gasteiger partial charge >= 0.3 is 0 Å². The van der Waals surface area contributed by atoms with Crippen LogP contribution in [0.4, 0.5) is 0 Å². The van der Waals surface area contributed by atoms with Crippen LogP contribution in [0.25, 0.3) is 0 Å². The van der Waals surface area contributed by atoms with Crippen LogP contribution in [0.2, 0.25) is 5.02 Å². The maximum Gasteiger partial charge on any atom is 0.243 e. The summed E-state index contributed by atoms with van der Waals surface area (Å²) in [4.78, 5) is 25.8. The number of halogens is 1. The van der Waals surface area contributed by atoms with Crippen molar-refractivity contribution in [3.8, 4) is 0 Å². The van der Waals surface area contributed by atoms with Gasteiger partial charge in [0.05, 0.1) is 0 Å². The number of hydrogen-bond donors (Lipinski definition) is 1. The summed E-state index contributed by atoms with van der Waals surface area (Å²) in [6.07, 6.45) is 3.19. The summed E-state index contributed by atoms with van der Waals surface area (Å²) >= 11 is 5.86. The van der Waals surface area contributed by atoms with Crippen LogP contribution < -0.4 is 5.32 Å². The number of carbonyl (C=O) groups excluding carboxylic acids is 2. The van der Waals surface area contributed by atoms with Crippen molar-refractivity contribution in [2.45, 2.75) is 44.3 Å². The van der Waals surface area contributed by atoms with Crippen molar-refractivity contribution in [1.29, 1.82) is 0 Å². The molecule has 1 saturated heterocycles. The molecule has 0 unspecified atom stereocenters. The third kappa shape index (κ3) is 2.96. The molecule has 1 aliphatic heterocycles. The van der Waals surface area contributed by atoms with E-state index in [-0.39, 0.29) is 17.9 Å². The largest absolute Gasteiger partial charge is 0.352 e. The van der Waals surface area contributed by atoms with Gasteiger partial charge in [-0.1, -0.05) is 23.7 Å². The van der Waals surface area contributed by atoms with Crippen LogP contribution >= 0.6 is 11.6 Å². The fourth-order valence-corrected chi connectivity index (χ4v) is 2.64. The highest BCUT2D eigenvalue weighted by Gasteiger charge is 2.37. The number of nitrogens with zero attached hydrogens (tertiary/aromatic N) is 1. The summed E-state index contributed by atoms with van der Waals surface area (Å²) in [6, 6.07) is 7.40. The van der Waals surface area contributed by atoms with E-state index in [1.807, 2.05) is 12.1 Å². The molecule has 0 radical (unpaired) electrons. The zero-order chi connectivity index (χ0) is 14.1. The molecular weight excluding hydrogens is 276 g/mol. The SMILES string of the molecule is O=C(NC1CC1)[C@@H]1CCC(=O)N1Cc1ccc(Cl)cc1. The molecule has 106 valence electrons. The minimum atomic E-state index is -0.321. The lowest BCUT2D eigenvalue weighted by molar-refractivity contribution is -0.135. The molecule has 0 bridgehead atoms. The Hall–Kier alpha value is -1.55. The molecule has 2 fully saturated rings. The van der Waals surface area contributed by atoms with Crippen LogP contribution in [0, 0.1) is 0 Å². The lowest BCUT2D eigenvalue weighted by Crippen LogP contribution is -2.45. The Balaban J connectivity index is 1.69. The van der Waals surface area contributed by atoms with Gasteiger partial charge in [-0.2, -0.15) is 0 Å². The monoisotopic (exact) mass is 292 g/mol. The molecule has 1 aliphatic carbocycles. The standard InChI is InChI=1S/C15H17ClN2O2/c16-11-3-1-10(2-4-11)9-18-13(7-8-14(18)19)15(20)17-12-5-6-12/h1-4,12-13H,5-9H2,(H,17,20)/t13-/m0/s1. The van der Waals surface area contributed by atoms with Crippen LogP contribution in [-0.2, 0) is 16.1 Å². The highest BCUT2D eigenvalue weighted by molar-refractivity contribution is 6.30. The average molecular weight is 293 g/mol. The van der Waals surface area contributed by atoms with Gasteiger partial charge in [0.15, 0.2) is 0 Å². The minimum Gasteiger partial charge on any atom is -0.352 e. The smallest absolute Gasteiger partial charge is 0.243 e. The fourth-order valence-electron chi connectivity index (χ4n) is 2.52. The molecule has 20 heavy (non-hydrogen) atoms. The van der Waals surface area contributed by atoms with Gasteiger partial charge in [0.25, 0.3) is 0 Å². The Morgan fingerprint density at radius 1 is 1.25 bits per heavy atom. The maximum atomic E-state index is 12.2. The molecule has 4 nitrogen and oxygen atoms in total. The van der Waals surface area contributed by atoms with E-state index in [0.29, 0.717) is 30.5 Å². The number of carbonyl (C=O) groups is 2. The Bertz CT molecular complexity index is 525. The Kier molecular flexibility index (Phi) is 3.66. The number of likely N-dealkylation sites (tertiary alicyclic amines) is 1.